The molecule has 0 atom stereocenters. The highest BCUT2D eigenvalue weighted by atomic mass is 15.1. The standard InChI is InChI=1S/C69H56N2/c1-67(2)60-26-16-15-25-54(60)57-38-33-51(43-63(57)67)71(66-27-17-19-47-18-13-14-24-53(47)66)52-34-39-59-56-36-31-46(41-62(56)69(5,6)65(59)44-52)29-28-45-30-35-55-58-37-32-50(42-64(58)68(3,4)61(55)40-45)70(48-20-9-7-10-21-48)49-22-11-8-12-23-49/h7-44H,1-6H3/b29-28+. The summed E-state index contributed by atoms with van der Waals surface area (Å²) < 4.78 is 0. The maximum Gasteiger partial charge on any atom is 0.0540 e. The fourth-order valence-corrected chi connectivity index (χ4v) is 12.4. The normalized spacial score (nSPS) is 14.9. The third-order valence-corrected chi connectivity index (χ3v) is 16.2. The number of hydrogen-bond donors (Lipinski definition) is 0. The Morgan fingerprint density at radius 3 is 1.18 bits per heavy atom. The van der Waals surface area contributed by atoms with Crippen molar-refractivity contribution in [3.8, 4) is 33.4 Å². The van der Waals surface area contributed by atoms with Crippen molar-refractivity contribution in [1.29, 1.82) is 0 Å². The molecule has 0 aliphatic heterocycles. The Kier molecular flexibility index (Phi) is 9.61. The quantitative estimate of drug-likeness (QED) is 0.140. The van der Waals surface area contributed by atoms with E-state index >= 15 is 0 Å². The average molecular weight is 913 g/mol. The highest BCUT2D eigenvalue weighted by Gasteiger charge is 2.39. The minimum Gasteiger partial charge on any atom is -0.310 e. The molecule has 3 aliphatic carbocycles. The van der Waals surface area contributed by atoms with Crippen LogP contribution in [0.15, 0.2) is 218 Å². The number of fused-ring (bicyclic) bond motifs is 10. The van der Waals surface area contributed by atoms with Crippen LogP contribution < -0.4 is 9.80 Å². The van der Waals surface area contributed by atoms with Crippen molar-refractivity contribution in [1.82, 2.24) is 0 Å². The minimum absolute atomic E-state index is 0.109. The molecule has 0 spiro atoms. The molecule has 13 rings (SSSR count). The Balaban J connectivity index is 0.823. The maximum absolute atomic E-state index is 2.49. The van der Waals surface area contributed by atoms with Gasteiger partial charge in [-0.25, -0.2) is 0 Å². The van der Waals surface area contributed by atoms with Crippen LogP contribution in [0, 0.1) is 0 Å². The van der Waals surface area contributed by atoms with Crippen LogP contribution in [-0.4, -0.2) is 0 Å². The first kappa shape index (κ1) is 42.9. The summed E-state index contributed by atoms with van der Waals surface area (Å²) in [5, 5.41) is 2.47. The van der Waals surface area contributed by atoms with Crippen molar-refractivity contribution < 1.29 is 0 Å². The first-order valence-corrected chi connectivity index (χ1v) is 25.2. The number of nitrogens with zero attached hydrogens (tertiary/aromatic N) is 2. The fourth-order valence-electron chi connectivity index (χ4n) is 12.4. The van der Waals surface area contributed by atoms with Crippen LogP contribution in [0.2, 0.25) is 0 Å². The van der Waals surface area contributed by atoms with E-state index in [4.69, 9.17) is 0 Å². The highest BCUT2D eigenvalue weighted by Crippen LogP contribution is 2.55. The lowest BCUT2D eigenvalue weighted by atomic mass is 9.81. The van der Waals surface area contributed by atoms with Gasteiger partial charge in [0.25, 0.3) is 0 Å². The third kappa shape index (κ3) is 6.69. The number of para-hydroxylation sites is 2. The van der Waals surface area contributed by atoms with Gasteiger partial charge in [-0.2, -0.15) is 0 Å². The summed E-state index contributed by atoms with van der Waals surface area (Å²) in [5.74, 6) is 0. The van der Waals surface area contributed by atoms with Gasteiger partial charge in [-0.3, -0.25) is 0 Å². The first-order valence-electron chi connectivity index (χ1n) is 25.2. The summed E-state index contributed by atoms with van der Waals surface area (Å²) in [4.78, 5) is 4.85. The minimum atomic E-state index is -0.213. The molecule has 2 nitrogen and oxygen atoms in total. The molecule has 10 aromatic rings. The molecule has 342 valence electrons. The lowest BCUT2D eigenvalue weighted by Gasteiger charge is -2.30. The van der Waals surface area contributed by atoms with Crippen LogP contribution in [0.3, 0.4) is 0 Å². The summed E-state index contributed by atoms with van der Waals surface area (Å²) in [6, 6.07) is 81.2. The lowest BCUT2D eigenvalue weighted by molar-refractivity contribution is 0.659. The van der Waals surface area contributed by atoms with Gasteiger partial charge in [0.1, 0.15) is 0 Å². The van der Waals surface area contributed by atoms with Gasteiger partial charge >= 0.3 is 0 Å². The summed E-state index contributed by atoms with van der Waals surface area (Å²) in [5.41, 5.74) is 25.0. The van der Waals surface area contributed by atoms with Gasteiger partial charge in [0.2, 0.25) is 0 Å². The van der Waals surface area contributed by atoms with Crippen molar-refractivity contribution in [3.05, 3.63) is 263 Å². The topological polar surface area (TPSA) is 6.48 Å². The second kappa shape index (κ2) is 15.9. The number of anilines is 6. The second-order valence-corrected chi connectivity index (χ2v) is 21.4. The van der Waals surface area contributed by atoms with Crippen LogP contribution in [-0.2, 0) is 16.2 Å². The van der Waals surface area contributed by atoms with E-state index in [0.29, 0.717) is 0 Å². The van der Waals surface area contributed by atoms with Gasteiger partial charge in [-0.05, 0) is 150 Å². The monoisotopic (exact) mass is 912 g/mol. The lowest BCUT2D eigenvalue weighted by Crippen LogP contribution is -2.18. The molecule has 2 heteroatoms. The van der Waals surface area contributed by atoms with Crippen molar-refractivity contribution in [2.24, 2.45) is 0 Å². The molecule has 0 heterocycles. The molecule has 0 fully saturated rings. The molecule has 0 unspecified atom stereocenters. The predicted octanol–water partition coefficient (Wildman–Crippen LogP) is 18.9. The third-order valence-electron chi connectivity index (χ3n) is 16.2. The van der Waals surface area contributed by atoms with E-state index in [1.165, 1.54) is 100 Å². The number of rotatable bonds is 8. The zero-order valence-electron chi connectivity index (χ0n) is 41.3. The second-order valence-electron chi connectivity index (χ2n) is 21.4. The number of hydrogen-bond acceptors (Lipinski definition) is 2. The molecule has 0 aromatic heterocycles. The van der Waals surface area contributed by atoms with Gasteiger partial charge in [0, 0.05) is 50.1 Å². The summed E-state index contributed by atoms with van der Waals surface area (Å²) in [6.45, 7) is 14.3. The van der Waals surface area contributed by atoms with E-state index in [1.807, 2.05) is 0 Å². The Morgan fingerprint density at radius 2 is 0.662 bits per heavy atom. The van der Waals surface area contributed by atoms with Gasteiger partial charge in [-0.1, -0.05) is 205 Å². The van der Waals surface area contributed by atoms with Crippen LogP contribution in [0.5, 0.6) is 0 Å². The van der Waals surface area contributed by atoms with Crippen LogP contribution in [0.25, 0.3) is 56.3 Å². The molecular weight excluding hydrogens is 857 g/mol. The van der Waals surface area contributed by atoms with Crippen LogP contribution in [0.1, 0.15) is 86.1 Å². The Morgan fingerprint density at radius 1 is 0.282 bits per heavy atom. The molecule has 0 saturated heterocycles. The van der Waals surface area contributed by atoms with Gasteiger partial charge < -0.3 is 9.80 Å². The summed E-state index contributed by atoms with van der Waals surface area (Å²) >= 11 is 0. The molecular formula is C69H56N2. The van der Waals surface area contributed by atoms with Crippen molar-refractivity contribution in [2.45, 2.75) is 57.8 Å². The fraction of sp³-hybridized carbons (Fsp3) is 0.130. The Hall–Kier alpha value is -8.20. The average Bonchev–Trinajstić information content (AvgIpc) is 3.87. The largest absolute Gasteiger partial charge is 0.310 e. The molecule has 0 saturated carbocycles. The van der Waals surface area contributed by atoms with E-state index in [2.05, 4.69) is 282 Å². The van der Waals surface area contributed by atoms with E-state index in [-0.39, 0.29) is 16.2 Å². The summed E-state index contributed by atoms with van der Waals surface area (Å²) in [7, 11) is 0. The Bertz CT molecular complexity index is 3750. The van der Waals surface area contributed by atoms with Crippen molar-refractivity contribution >= 4 is 57.0 Å². The van der Waals surface area contributed by atoms with E-state index < -0.39 is 0 Å². The molecule has 0 bridgehead atoms. The van der Waals surface area contributed by atoms with E-state index in [1.54, 1.807) is 0 Å². The van der Waals surface area contributed by atoms with Gasteiger partial charge in [0.05, 0.1) is 5.69 Å². The molecule has 0 N–H and O–H groups in total. The molecule has 71 heavy (non-hydrogen) atoms. The number of benzene rings is 10. The first-order chi connectivity index (χ1) is 34.5. The van der Waals surface area contributed by atoms with E-state index in [9.17, 15) is 0 Å². The summed E-state index contributed by atoms with van der Waals surface area (Å²) in [6.07, 6.45) is 4.60. The SMILES string of the molecule is CC1(C)c2cc(/C=C/c3ccc4c(c3)C(C)(C)c3cc(N(c5ccc6c(c5)C(C)(C)c5ccccc5-6)c5cccc6ccccc56)ccc3-4)ccc2-c2ccc(N(c3ccccc3)c3ccccc3)cc21. The zero-order chi connectivity index (χ0) is 48.2. The highest BCUT2D eigenvalue weighted by molar-refractivity contribution is 6.00. The van der Waals surface area contributed by atoms with E-state index in [0.717, 1.165) is 22.7 Å². The predicted molar refractivity (Wildman–Crippen MR) is 301 cm³/mol. The maximum atomic E-state index is 2.49. The van der Waals surface area contributed by atoms with Gasteiger partial charge in [0.15, 0.2) is 0 Å². The van der Waals surface area contributed by atoms with Crippen LogP contribution >= 0.6 is 0 Å². The van der Waals surface area contributed by atoms with Crippen LogP contribution in [0.4, 0.5) is 34.1 Å². The molecule has 10 aromatic carbocycles. The van der Waals surface area contributed by atoms with Crippen molar-refractivity contribution in [2.75, 3.05) is 9.80 Å². The zero-order valence-corrected chi connectivity index (χ0v) is 41.3. The molecule has 0 amide bonds. The molecule has 3 aliphatic rings. The Labute approximate surface area is 418 Å². The molecule has 0 radical (unpaired) electrons. The van der Waals surface area contributed by atoms with Gasteiger partial charge in [-0.15, -0.1) is 0 Å². The smallest absolute Gasteiger partial charge is 0.0540 e. The van der Waals surface area contributed by atoms with Crippen molar-refractivity contribution in [3.63, 3.8) is 0 Å².